The fourth-order valence-electron chi connectivity index (χ4n) is 1.29. The van der Waals surface area contributed by atoms with Gasteiger partial charge in [0, 0.05) is 7.11 Å². The summed E-state index contributed by atoms with van der Waals surface area (Å²) in [6.07, 6.45) is -4.45. The van der Waals surface area contributed by atoms with Crippen molar-refractivity contribution in [3.8, 4) is 0 Å². The van der Waals surface area contributed by atoms with Crippen LogP contribution in [0.2, 0.25) is 5.02 Å². The summed E-state index contributed by atoms with van der Waals surface area (Å²) in [4.78, 5) is 3.96. The third-order valence-corrected chi connectivity index (χ3v) is 2.58. The van der Waals surface area contributed by atoms with Crippen LogP contribution in [0.5, 0.6) is 0 Å². The van der Waals surface area contributed by atoms with Gasteiger partial charge in [-0.3, -0.25) is 5.43 Å². The summed E-state index contributed by atoms with van der Waals surface area (Å²) in [7, 11) is 1.50. The van der Waals surface area contributed by atoms with E-state index in [2.05, 4.69) is 15.7 Å². The SMILES string of the molecule is COCCN=C(NN)Nc1cc(C(F)(F)F)ccc1Cl. The molecule has 0 unspecified atom stereocenters. The smallest absolute Gasteiger partial charge is 0.383 e. The molecule has 1 aromatic carbocycles. The van der Waals surface area contributed by atoms with E-state index >= 15 is 0 Å². The van der Waals surface area contributed by atoms with Gasteiger partial charge in [-0.05, 0) is 18.2 Å². The Hall–Kier alpha value is -1.51. The molecule has 0 heterocycles. The van der Waals surface area contributed by atoms with Crippen molar-refractivity contribution in [1.29, 1.82) is 0 Å². The Bertz CT molecular complexity index is 479. The maximum absolute atomic E-state index is 12.6. The average molecular weight is 311 g/mol. The molecule has 9 heteroatoms. The molecule has 20 heavy (non-hydrogen) atoms. The van der Waals surface area contributed by atoms with Crippen LogP contribution in [0.25, 0.3) is 0 Å². The lowest BCUT2D eigenvalue weighted by Crippen LogP contribution is -2.36. The Morgan fingerprint density at radius 1 is 1.45 bits per heavy atom. The molecule has 112 valence electrons. The first-order valence-electron chi connectivity index (χ1n) is 5.52. The second-order valence-corrected chi connectivity index (χ2v) is 4.09. The van der Waals surface area contributed by atoms with Crippen LogP contribution in [0.15, 0.2) is 23.2 Å². The minimum absolute atomic E-state index is 0.0515. The summed E-state index contributed by atoms with van der Waals surface area (Å²) >= 11 is 5.83. The molecule has 0 aromatic heterocycles. The molecule has 1 aromatic rings. The topological polar surface area (TPSA) is 71.7 Å². The lowest BCUT2D eigenvalue weighted by atomic mass is 10.2. The standard InChI is InChI=1S/C11H14ClF3N4O/c1-20-5-4-17-10(19-16)18-9-6-7(11(13,14)15)2-3-8(9)12/h2-3,6H,4-5,16H2,1H3,(H2,17,18,19). The van der Waals surface area contributed by atoms with Crippen molar-refractivity contribution in [2.75, 3.05) is 25.6 Å². The van der Waals surface area contributed by atoms with E-state index in [-0.39, 0.29) is 16.7 Å². The van der Waals surface area contributed by atoms with Crippen LogP contribution < -0.4 is 16.6 Å². The molecule has 1 rings (SSSR count). The van der Waals surface area contributed by atoms with Crippen molar-refractivity contribution in [3.63, 3.8) is 0 Å². The van der Waals surface area contributed by atoms with E-state index in [1.54, 1.807) is 0 Å². The van der Waals surface area contributed by atoms with Gasteiger partial charge in [-0.2, -0.15) is 13.2 Å². The van der Waals surface area contributed by atoms with Crippen LogP contribution >= 0.6 is 11.6 Å². The van der Waals surface area contributed by atoms with Crippen LogP contribution in [0.3, 0.4) is 0 Å². The molecule has 4 N–H and O–H groups in total. The molecule has 0 radical (unpaired) electrons. The summed E-state index contributed by atoms with van der Waals surface area (Å²) < 4.78 is 42.6. The van der Waals surface area contributed by atoms with Crippen LogP contribution in [-0.4, -0.2) is 26.2 Å². The molecular formula is C11H14ClF3N4O. The van der Waals surface area contributed by atoms with Gasteiger partial charge in [-0.15, -0.1) is 0 Å². The average Bonchev–Trinajstić information content (AvgIpc) is 2.38. The van der Waals surface area contributed by atoms with Gasteiger partial charge >= 0.3 is 6.18 Å². The molecule has 0 amide bonds. The molecule has 0 aliphatic heterocycles. The highest BCUT2D eigenvalue weighted by atomic mass is 35.5. The Morgan fingerprint density at radius 2 is 2.15 bits per heavy atom. The van der Waals surface area contributed by atoms with Crippen LogP contribution in [0.4, 0.5) is 18.9 Å². The Morgan fingerprint density at radius 3 is 2.70 bits per heavy atom. The normalized spacial score (nSPS) is 12.4. The van der Waals surface area contributed by atoms with Gasteiger partial charge in [0.15, 0.2) is 0 Å². The number of nitrogens with one attached hydrogen (secondary N) is 2. The zero-order valence-corrected chi connectivity index (χ0v) is 11.3. The van der Waals surface area contributed by atoms with Gasteiger partial charge in [0.1, 0.15) is 0 Å². The number of nitrogens with two attached hydrogens (primary N) is 1. The number of methoxy groups -OCH3 is 1. The minimum atomic E-state index is -4.45. The number of hydrogen-bond acceptors (Lipinski definition) is 3. The highest BCUT2D eigenvalue weighted by Gasteiger charge is 2.31. The van der Waals surface area contributed by atoms with E-state index in [9.17, 15) is 13.2 Å². The van der Waals surface area contributed by atoms with Crippen molar-refractivity contribution in [2.45, 2.75) is 6.18 Å². The number of benzene rings is 1. The van der Waals surface area contributed by atoms with E-state index < -0.39 is 11.7 Å². The van der Waals surface area contributed by atoms with E-state index in [1.807, 2.05) is 0 Å². The first kappa shape index (κ1) is 16.5. The highest BCUT2D eigenvalue weighted by molar-refractivity contribution is 6.33. The number of ether oxygens (including phenoxy) is 1. The quantitative estimate of drug-likeness (QED) is 0.262. The molecule has 0 spiro atoms. The fraction of sp³-hybridized carbons (Fsp3) is 0.364. The molecule has 0 saturated carbocycles. The lowest BCUT2D eigenvalue weighted by Gasteiger charge is -2.13. The van der Waals surface area contributed by atoms with Crippen LogP contribution in [0, 0.1) is 0 Å². The molecule has 5 nitrogen and oxygen atoms in total. The zero-order chi connectivity index (χ0) is 15.2. The molecule has 0 atom stereocenters. The Balaban J connectivity index is 2.92. The number of guanidine groups is 1. The van der Waals surface area contributed by atoms with Crippen molar-refractivity contribution in [2.24, 2.45) is 10.8 Å². The number of nitrogens with zero attached hydrogens (tertiary/aromatic N) is 1. The maximum Gasteiger partial charge on any atom is 0.416 e. The van der Waals surface area contributed by atoms with Crippen molar-refractivity contribution < 1.29 is 17.9 Å². The number of hydrazine groups is 1. The Kier molecular flexibility index (Phi) is 6.05. The van der Waals surface area contributed by atoms with Crippen LogP contribution in [0.1, 0.15) is 5.56 Å². The molecular weight excluding hydrogens is 297 g/mol. The third-order valence-electron chi connectivity index (χ3n) is 2.25. The first-order valence-corrected chi connectivity index (χ1v) is 5.90. The maximum atomic E-state index is 12.6. The fourth-order valence-corrected chi connectivity index (χ4v) is 1.46. The van der Waals surface area contributed by atoms with Crippen molar-refractivity contribution >= 4 is 23.2 Å². The predicted molar refractivity (Wildman–Crippen MR) is 71.6 cm³/mol. The minimum Gasteiger partial charge on any atom is -0.383 e. The van der Waals surface area contributed by atoms with Gasteiger partial charge in [0.25, 0.3) is 0 Å². The zero-order valence-electron chi connectivity index (χ0n) is 10.6. The number of hydrogen-bond donors (Lipinski definition) is 3. The van der Waals surface area contributed by atoms with Gasteiger partial charge in [0.2, 0.25) is 5.96 Å². The molecule has 0 fully saturated rings. The van der Waals surface area contributed by atoms with Crippen molar-refractivity contribution in [1.82, 2.24) is 5.43 Å². The van der Waals surface area contributed by atoms with Crippen molar-refractivity contribution in [3.05, 3.63) is 28.8 Å². The molecule has 0 bridgehead atoms. The second-order valence-electron chi connectivity index (χ2n) is 3.68. The molecule has 0 saturated heterocycles. The Labute approximate surface area is 118 Å². The van der Waals surface area contributed by atoms with E-state index in [1.165, 1.54) is 7.11 Å². The second kappa shape index (κ2) is 7.32. The summed E-state index contributed by atoms with van der Waals surface area (Å²) in [6, 6.07) is 2.92. The number of alkyl halides is 3. The third kappa shape index (κ3) is 4.87. The van der Waals surface area contributed by atoms with Gasteiger partial charge in [-0.1, -0.05) is 11.6 Å². The lowest BCUT2D eigenvalue weighted by molar-refractivity contribution is -0.137. The molecule has 0 aliphatic carbocycles. The number of rotatable bonds is 4. The number of aliphatic imine (C=N–C) groups is 1. The summed E-state index contributed by atoms with van der Waals surface area (Å²) in [6.45, 7) is 0.642. The van der Waals surface area contributed by atoms with Gasteiger partial charge in [0.05, 0.1) is 29.4 Å². The number of anilines is 1. The largest absolute Gasteiger partial charge is 0.416 e. The van der Waals surface area contributed by atoms with Crippen LogP contribution in [-0.2, 0) is 10.9 Å². The number of halogens is 4. The summed E-state index contributed by atoms with van der Waals surface area (Å²) in [5.74, 6) is 5.31. The van der Waals surface area contributed by atoms with E-state index in [0.717, 1.165) is 18.2 Å². The first-order chi connectivity index (χ1) is 9.38. The summed E-state index contributed by atoms with van der Waals surface area (Å²) in [5, 5.41) is 2.71. The van der Waals surface area contributed by atoms with E-state index in [4.69, 9.17) is 22.2 Å². The summed E-state index contributed by atoms with van der Waals surface area (Å²) in [5.41, 5.74) is 1.47. The monoisotopic (exact) mass is 310 g/mol. The van der Waals surface area contributed by atoms with Gasteiger partial charge in [-0.25, -0.2) is 10.8 Å². The molecule has 0 aliphatic rings. The predicted octanol–water partition coefficient (Wildman–Crippen LogP) is 2.24. The highest BCUT2D eigenvalue weighted by Crippen LogP contribution is 2.33. The van der Waals surface area contributed by atoms with Gasteiger partial charge < -0.3 is 10.1 Å². The van der Waals surface area contributed by atoms with E-state index in [0.29, 0.717) is 13.2 Å².